The molecule has 1 spiro atoms. The van der Waals surface area contributed by atoms with E-state index in [-0.39, 0.29) is 10.8 Å². The van der Waals surface area contributed by atoms with E-state index in [1.807, 2.05) is 0 Å². The van der Waals surface area contributed by atoms with Crippen LogP contribution in [0.5, 0.6) is 0 Å². The van der Waals surface area contributed by atoms with Gasteiger partial charge in [0.25, 0.3) is 0 Å². The number of fused-ring (bicyclic) bond motifs is 17. The Bertz CT molecular complexity index is 3770. The molecule has 3 heteroatoms. The predicted octanol–water partition coefficient (Wildman–Crippen LogP) is 17.2. The molecule has 0 amide bonds. The highest BCUT2D eigenvalue weighted by Crippen LogP contribution is 2.63. The lowest BCUT2D eigenvalue weighted by Gasteiger charge is -2.39. The molecule has 4 heterocycles. The highest BCUT2D eigenvalue weighted by atomic mass is 32.2. The Labute approximate surface area is 409 Å². The Kier molecular flexibility index (Phi) is 8.23. The zero-order valence-electron chi connectivity index (χ0n) is 39.3. The van der Waals surface area contributed by atoms with Crippen molar-refractivity contribution >= 4 is 50.6 Å². The molecule has 10 aromatic rings. The second-order valence-electron chi connectivity index (χ2n) is 21.4. The van der Waals surface area contributed by atoms with Gasteiger partial charge in [0.2, 0.25) is 0 Å². The van der Waals surface area contributed by atoms with E-state index in [1.165, 1.54) is 137 Å². The largest absolute Gasteiger partial charge is 0.310 e. The molecule has 4 atom stereocenters. The van der Waals surface area contributed by atoms with Crippen molar-refractivity contribution in [2.75, 3.05) is 4.90 Å². The lowest BCUT2D eigenvalue weighted by molar-refractivity contribution is 0.404. The van der Waals surface area contributed by atoms with Crippen LogP contribution < -0.4 is 4.90 Å². The molecule has 9 aromatic carbocycles. The first-order chi connectivity index (χ1) is 33.8. The molecule has 332 valence electrons. The number of rotatable bonds is 5. The number of hydrogen-bond acceptors (Lipinski definition) is 2. The molecular weight excluding hydrogens is 853 g/mol. The minimum Gasteiger partial charge on any atom is -0.310 e. The van der Waals surface area contributed by atoms with Gasteiger partial charge in [-0.2, -0.15) is 11.8 Å². The zero-order chi connectivity index (χ0) is 45.8. The van der Waals surface area contributed by atoms with Gasteiger partial charge in [-0.05, 0) is 152 Å². The molecule has 69 heavy (non-hydrogen) atoms. The lowest BCUT2D eigenvalue weighted by Crippen LogP contribution is -2.33. The summed E-state index contributed by atoms with van der Waals surface area (Å²) in [5, 5.41) is 4.20. The molecule has 15 rings (SSSR count). The van der Waals surface area contributed by atoms with Crippen LogP contribution in [0, 0.1) is 0 Å². The van der Waals surface area contributed by atoms with Gasteiger partial charge in [-0.25, -0.2) is 0 Å². The first kappa shape index (κ1) is 39.9. The fraction of sp³-hybridized carbons (Fsp3) is 0.182. The van der Waals surface area contributed by atoms with Crippen molar-refractivity contribution in [2.24, 2.45) is 0 Å². The van der Waals surface area contributed by atoms with Gasteiger partial charge in [-0.3, -0.25) is 0 Å². The first-order valence-electron chi connectivity index (χ1n) is 25.1. The van der Waals surface area contributed by atoms with Crippen LogP contribution in [0.15, 0.2) is 200 Å². The standard InChI is InChI=1S/C66H52N2S/c1-64(2)54-19-7-4-14-49(54)50-37-34-45(38-59(50)64)67(44-32-28-42(29-33-44)65(3)39-46-35-36-47(40-65)69-46)43-30-26-41(27-31-43)48-17-12-22-57-62(48)53-16-5-8-20-55(53)66(57)56-21-9-11-25-61(56)68-60-24-10-6-15-51(60)52-18-13-23-58(66)63(52)68/h4-34,37-38,46-47H,35-36,39-40H2,1-3H3/t46-,47?,65?,66?/m1/s1. The summed E-state index contributed by atoms with van der Waals surface area (Å²) >= 11 is 2.25. The predicted molar refractivity (Wildman–Crippen MR) is 290 cm³/mol. The van der Waals surface area contributed by atoms with Crippen molar-refractivity contribution in [3.8, 4) is 39.1 Å². The van der Waals surface area contributed by atoms with Crippen LogP contribution in [-0.2, 0) is 16.2 Å². The Balaban J connectivity index is 0.887. The SMILES string of the molecule is CC1(c2ccc(N(c3ccc(-c4cccc5c4-c4ccccc4C54c5ccccc5-n5c6ccccc6c6cccc4c65)cc3)c3ccc4c(c3)C(C)(C)c3ccccc3-4)cc2)CC2CC[C@H](C1)S2. The smallest absolute Gasteiger partial charge is 0.0754 e. The zero-order valence-corrected chi connectivity index (χ0v) is 40.2. The molecule has 0 saturated carbocycles. The van der Waals surface area contributed by atoms with E-state index in [1.54, 1.807) is 0 Å². The Hall–Kier alpha value is -7.07. The third-order valence-corrected chi connectivity index (χ3v) is 18.9. The molecule has 2 bridgehead atoms. The summed E-state index contributed by atoms with van der Waals surface area (Å²) < 4.78 is 2.53. The molecule has 2 fully saturated rings. The minimum absolute atomic E-state index is 0.101. The second kappa shape index (κ2) is 14.2. The van der Waals surface area contributed by atoms with Crippen molar-refractivity contribution in [1.29, 1.82) is 0 Å². The van der Waals surface area contributed by atoms with E-state index in [9.17, 15) is 0 Å². The van der Waals surface area contributed by atoms with Crippen LogP contribution in [0.4, 0.5) is 17.1 Å². The lowest BCUT2D eigenvalue weighted by atomic mass is 9.65. The minimum atomic E-state index is -0.487. The molecule has 2 saturated heterocycles. The molecule has 2 nitrogen and oxygen atoms in total. The van der Waals surface area contributed by atoms with Crippen molar-refractivity contribution in [3.05, 3.63) is 239 Å². The Morgan fingerprint density at radius 3 is 1.84 bits per heavy atom. The number of hydrogen-bond donors (Lipinski definition) is 0. The van der Waals surface area contributed by atoms with Crippen molar-refractivity contribution in [1.82, 2.24) is 4.57 Å². The highest BCUT2D eigenvalue weighted by molar-refractivity contribution is 8.00. The van der Waals surface area contributed by atoms with Crippen LogP contribution in [0.25, 0.3) is 60.9 Å². The van der Waals surface area contributed by atoms with Crippen LogP contribution in [0.1, 0.15) is 85.4 Å². The summed E-state index contributed by atoms with van der Waals surface area (Å²) in [6.45, 7) is 7.30. The Morgan fingerprint density at radius 2 is 1.04 bits per heavy atom. The number of aromatic nitrogens is 1. The van der Waals surface area contributed by atoms with Crippen molar-refractivity contribution in [2.45, 2.75) is 73.2 Å². The van der Waals surface area contributed by atoms with Crippen molar-refractivity contribution < 1.29 is 0 Å². The van der Waals surface area contributed by atoms with Gasteiger partial charge in [0.05, 0.1) is 22.1 Å². The van der Waals surface area contributed by atoms with E-state index in [0.29, 0.717) is 0 Å². The normalized spacial score (nSPS) is 21.8. The monoisotopic (exact) mass is 904 g/mol. The van der Waals surface area contributed by atoms with E-state index >= 15 is 0 Å². The molecular formula is C66H52N2S. The number of anilines is 3. The third kappa shape index (κ3) is 5.35. The number of para-hydroxylation sites is 3. The van der Waals surface area contributed by atoms with E-state index in [4.69, 9.17) is 0 Å². The third-order valence-electron chi connectivity index (χ3n) is 17.4. The van der Waals surface area contributed by atoms with Crippen LogP contribution >= 0.6 is 11.8 Å². The molecule has 3 unspecified atom stereocenters. The van der Waals surface area contributed by atoms with E-state index < -0.39 is 5.41 Å². The maximum Gasteiger partial charge on any atom is 0.0754 e. The van der Waals surface area contributed by atoms with Gasteiger partial charge in [0.1, 0.15) is 0 Å². The maximum atomic E-state index is 2.53. The number of thioether (sulfide) groups is 1. The fourth-order valence-electron chi connectivity index (χ4n) is 14.3. The van der Waals surface area contributed by atoms with Gasteiger partial charge < -0.3 is 9.47 Å². The van der Waals surface area contributed by atoms with Crippen LogP contribution in [0.2, 0.25) is 0 Å². The van der Waals surface area contributed by atoms with Crippen molar-refractivity contribution in [3.63, 3.8) is 0 Å². The molecule has 0 N–H and O–H groups in total. The average molecular weight is 905 g/mol. The van der Waals surface area contributed by atoms with E-state index in [0.717, 1.165) is 16.2 Å². The average Bonchev–Trinajstić information content (AvgIpc) is 4.09. The maximum absolute atomic E-state index is 2.53. The van der Waals surface area contributed by atoms with Crippen LogP contribution in [0.3, 0.4) is 0 Å². The quantitative estimate of drug-likeness (QED) is 0.170. The fourth-order valence-corrected chi connectivity index (χ4v) is 16.4. The summed E-state index contributed by atoms with van der Waals surface area (Å²) in [4.78, 5) is 2.49. The first-order valence-corrected chi connectivity index (χ1v) is 26.0. The van der Waals surface area contributed by atoms with Gasteiger partial charge in [-0.1, -0.05) is 172 Å². The summed E-state index contributed by atoms with van der Waals surface area (Å²) in [5.74, 6) is 0. The van der Waals surface area contributed by atoms with Gasteiger partial charge in [0, 0.05) is 43.7 Å². The molecule has 2 aliphatic carbocycles. The summed E-state index contributed by atoms with van der Waals surface area (Å²) in [5.41, 5.74) is 24.5. The molecule has 5 aliphatic rings. The van der Waals surface area contributed by atoms with Gasteiger partial charge in [-0.15, -0.1) is 0 Å². The summed E-state index contributed by atoms with van der Waals surface area (Å²) in [6, 6.07) is 76.7. The molecule has 1 aromatic heterocycles. The summed E-state index contributed by atoms with van der Waals surface area (Å²) in [7, 11) is 0. The van der Waals surface area contributed by atoms with Gasteiger partial charge in [0.15, 0.2) is 0 Å². The van der Waals surface area contributed by atoms with Gasteiger partial charge >= 0.3 is 0 Å². The number of benzene rings is 9. The summed E-state index contributed by atoms with van der Waals surface area (Å²) in [6.07, 6.45) is 5.31. The van der Waals surface area contributed by atoms with E-state index in [2.05, 4.69) is 242 Å². The topological polar surface area (TPSA) is 8.17 Å². The highest BCUT2D eigenvalue weighted by Gasteiger charge is 2.51. The Morgan fingerprint density at radius 1 is 0.464 bits per heavy atom. The van der Waals surface area contributed by atoms with Crippen LogP contribution in [-0.4, -0.2) is 15.1 Å². The second-order valence-corrected chi connectivity index (χ2v) is 23.0. The molecule has 0 radical (unpaired) electrons. The number of nitrogens with zero attached hydrogens (tertiary/aromatic N) is 2. The molecule has 3 aliphatic heterocycles.